The Bertz CT molecular complexity index is 2950. The van der Waals surface area contributed by atoms with Gasteiger partial charge >= 0.3 is 0 Å². The van der Waals surface area contributed by atoms with Gasteiger partial charge in [-0.05, 0) is 57.1 Å². The smallest absolute Gasteiger partial charge is 0.164 e. The summed E-state index contributed by atoms with van der Waals surface area (Å²) in [6.45, 7) is 0. The van der Waals surface area contributed by atoms with Crippen LogP contribution in [0.5, 0.6) is 0 Å². The highest BCUT2D eigenvalue weighted by molar-refractivity contribution is 7.26. The van der Waals surface area contributed by atoms with E-state index < -0.39 is 0 Å². The Kier molecular flexibility index (Phi) is 8.36. The molecular weight excluding hydrogens is 687 g/mol. The Balaban J connectivity index is 1.15. The molecule has 0 aliphatic carbocycles. The van der Waals surface area contributed by atoms with Gasteiger partial charge in [0.2, 0.25) is 0 Å². The number of hydrogen-bond acceptors (Lipinski definition) is 4. The van der Waals surface area contributed by atoms with Crippen LogP contribution in [0.1, 0.15) is 0 Å². The Morgan fingerprint density at radius 1 is 0.273 bits per heavy atom. The second kappa shape index (κ2) is 14.1. The zero-order chi connectivity index (χ0) is 36.6. The van der Waals surface area contributed by atoms with Crippen LogP contribution in [0.3, 0.4) is 0 Å². The highest BCUT2D eigenvalue weighted by atomic mass is 32.1. The van der Waals surface area contributed by atoms with Gasteiger partial charge in [-0.25, -0.2) is 15.0 Å². The Morgan fingerprint density at radius 3 is 1.45 bits per heavy atom. The van der Waals surface area contributed by atoms with E-state index in [4.69, 9.17) is 15.0 Å². The predicted molar refractivity (Wildman–Crippen MR) is 231 cm³/mol. The molecule has 0 spiro atoms. The molecule has 0 N–H and O–H groups in total. The first-order chi connectivity index (χ1) is 27.2. The summed E-state index contributed by atoms with van der Waals surface area (Å²) in [5, 5.41) is 2.57. The van der Waals surface area contributed by atoms with Crippen LogP contribution in [0, 0.1) is 0 Å². The van der Waals surface area contributed by atoms with E-state index in [9.17, 15) is 0 Å². The van der Waals surface area contributed by atoms with Crippen LogP contribution >= 0.6 is 11.3 Å². The van der Waals surface area contributed by atoms with Crippen molar-refractivity contribution in [2.75, 3.05) is 0 Å². The first-order valence-corrected chi connectivity index (χ1v) is 19.3. The van der Waals surface area contributed by atoms with Gasteiger partial charge in [0.1, 0.15) is 0 Å². The number of nitrogens with zero attached hydrogens (tertiary/aromatic N) is 3. The third-order valence-corrected chi connectivity index (χ3v) is 11.4. The summed E-state index contributed by atoms with van der Waals surface area (Å²) >= 11 is 1.85. The molecule has 8 aromatic carbocycles. The maximum Gasteiger partial charge on any atom is 0.164 e. The molecule has 4 heteroatoms. The Labute approximate surface area is 323 Å². The molecule has 0 aliphatic rings. The van der Waals surface area contributed by atoms with E-state index in [2.05, 4.69) is 188 Å². The van der Waals surface area contributed by atoms with Gasteiger partial charge in [0.05, 0.1) is 0 Å². The molecule has 3 nitrogen and oxygen atoms in total. The fraction of sp³-hybridized carbons (Fsp3) is 0. The molecule has 258 valence electrons. The van der Waals surface area contributed by atoms with E-state index in [1.54, 1.807) is 0 Å². The van der Waals surface area contributed by atoms with Crippen LogP contribution in [-0.2, 0) is 0 Å². The summed E-state index contributed by atoms with van der Waals surface area (Å²) in [6.07, 6.45) is 0. The summed E-state index contributed by atoms with van der Waals surface area (Å²) in [5.41, 5.74) is 12.0. The van der Waals surface area contributed by atoms with Crippen LogP contribution in [0.25, 0.3) is 98.8 Å². The zero-order valence-electron chi connectivity index (χ0n) is 29.8. The molecule has 0 unspecified atom stereocenters. The SMILES string of the molecule is c1ccc(-c2ccc(-c3nc(-c4cccc(-c5ccccc5)c4)nc(-c4ccc(-c5cccc6c5sc5ccccc56)c(-c5ccccc5)c4)n3)cc2)cc1. The number of thiophene rings is 1. The van der Waals surface area contributed by atoms with Crippen molar-refractivity contribution >= 4 is 31.5 Å². The Morgan fingerprint density at radius 2 is 0.745 bits per heavy atom. The average molecular weight is 720 g/mol. The van der Waals surface area contributed by atoms with Crippen molar-refractivity contribution in [2.24, 2.45) is 0 Å². The summed E-state index contributed by atoms with van der Waals surface area (Å²) in [7, 11) is 0. The third kappa shape index (κ3) is 6.29. The molecule has 0 saturated carbocycles. The van der Waals surface area contributed by atoms with Crippen LogP contribution in [0.15, 0.2) is 200 Å². The van der Waals surface area contributed by atoms with Crippen molar-refractivity contribution in [3.05, 3.63) is 200 Å². The second-order valence-electron chi connectivity index (χ2n) is 13.6. The van der Waals surface area contributed by atoms with Crippen molar-refractivity contribution in [2.45, 2.75) is 0 Å². The van der Waals surface area contributed by atoms with Gasteiger partial charge in [0.25, 0.3) is 0 Å². The second-order valence-corrected chi connectivity index (χ2v) is 14.7. The highest BCUT2D eigenvalue weighted by Gasteiger charge is 2.18. The molecule has 0 saturated heterocycles. The quantitative estimate of drug-likeness (QED) is 0.165. The fourth-order valence-electron chi connectivity index (χ4n) is 7.41. The lowest BCUT2D eigenvalue weighted by molar-refractivity contribution is 1.07. The lowest BCUT2D eigenvalue weighted by Crippen LogP contribution is -2.01. The van der Waals surface area contributed by atoms with E-state index in [0.717, 1.165) is 44.5 Å². The molecule has 10 rings (SSSR count). The summed E-state index contributed by atoms with van der Waals surface area (Å²) in [6, 6.07) is 70.4. The van der Waals surface area contributed by atoms with Gasteiger partial charge in [-0.15, -0.1) is 11.3 Å². The van der Waals surface area contributed by atoms with Crippen LogP contribution in [-0.4, -0.2) is 15.0 Å². The number of rotatable bonds is 7. The predicted octanol–water partition coefficient (Wildman–Crippen LogP) is 13.9. The molecule has 0 atom stereocenters. The van der Waals surface area contributed by atoms with Gasteiger partial charge in [-0.1, -0.05) is 182 Å². The molecule has 2 heterocycles. The van der Waals surface area contributed by atoms with Crippen molar-refractivity contribution in [1.82, 2.24) is 15.0 Å². The third-order valence-electron chi connectivity index (χ3n) is 10.2. The Hall–Kier alpha value is -7.01. The maximum absolute atomic E-state index is 5.20. The number of benzene rings is 8. The number of aromatic nitrogens is 3. The van der Waals surface area contributed by atoms with Crippen LogP contribution in [0.4, 0.5) is 0 Å². The van der Waals surface area contributed by atoms with E-state index in [0.29, 0.717) is 17.5 Å². The molecule has 10 aromatic rings. The van der Waals surface area contributed by atoms with Gasteiger partial charge in [-0.3, -0.25) is 0 Å². The van der Waals surface area contributed by atoms with Gasteiger partial charge in [-0.2, -0.15) is 0 Å². The minimum Gasteiger partial charge on any atom is -0.208 e. The van der Waals surface area contributed by atoms with Crippen molar-refractivity contribution in [3.8, 4) is 78.7 Å². The maximum atomic E-state index is 5.20. The van der Waals surface area contributed by atoms with Gasteiger partial charge < -0.3 is 0 Å². The normalized spacial score (nSPS) is 11.3. The largest absolute Gasteiger partial charge is 0.208 e. The van der Waals surface area contributed by atoms with Crippen molar-refractivity contribution in [3.63, 3.8) is 0 Å². The molecule has 0 radical (unpaired) electrons. The molecular formula is C51H33N3S. The van der Waals surface area contributed by atoms with Crippen molar-refractivity contribution in [1.29, 1.82) is 0 Å². The van der Waals surface area contributed by atoms with E-state index >= 15 is 0 Å². The summed E-state index contributed by atoms with van der Waals surface area (Å²) in [5.74, 6) is 1.89. The van der Waals surface area contributed by atoms with E-state index in [1.807, 2.05) is 23.5 Å². The fourth-order valence-corrected chi connectivity index (χ4v) is 8.64. The monoisotopic (exact) mass is 719 g/mol. The van der Waals surface area contributed by atoms with Crippen LogP contribution in [0.2, 0.25) is 0 Å². The lowest BCUT2D eigenvalue weighted by Gasteiger charge is -2.14. The summed E-state index contributed by atoms with van der Waals surface area (Å²) < 4.78 is 2.58. The molecule has 0 amide bonds. The molecule has 0 fully saturated rings. The minimum absolute atomic E-state index is 0.626. The first-order valence-electron chi connectivity index (χ1n) is 18.4. The molecule has 55 heavy (non-hydrogen) atoms. The van der Waals surface area contributed by atoms with Gasteiger partial charge in [0.15, 0.2) is 17.5 Å². The standard InChI is InChI=1S/C51H33N3S/c1-4-14-34(15-5-1)36-26-28-38(29-27-36)49-52-50(40-21-12-20-39(32-40)35-16-6-2-7-17-35)54-51(53-49)41-30-31-42(46(33-41)37-18-8-3-9-19-37)44-23-13-24-45-43-22-10-11-25-47(43)55-48(44)45/h1-33H. The molecule has 2 aromatic heterocycles. The zero-order valence-corrected chi connectivity index (χ0v) is 30.6. The molecule has 0 bridgehead atoms. The molecule has 0 aliphatic heterocycles. The first kappa shape index (κ1) is 32.6. The topological polar surface area (TPSA) is 38.7 Å². The number of hydrogen-bond donors (Lipinski definition) is 0. The van der Waals surface area contributed by atoms with Crippen molar-refractivity contribution < 1.29 is 0 Å². The minimum atomic E-state index is 0.626. The van der Waals surface area contributed by atoms with E-state index in [1.165, 1.54) is 36.9 Å². The summed E-state index contributed by atoms with van der Waals surface area (Å²) in [4.78, 5) is 15.5. The lowest BCUT2D eigenvalue weighted by atomic mass is 9.92. The van der Waals surface area contributed by atoms with Crippen LogP contribution < -0.4 is 0 Å². The van der Waals surface area contributed by atoms with E-state index in [-0.39, 0.29) is 0 Å². The van der Waals surface area contributed by atoms with Gasteiger partial charge in [0, 0.05) is 42.4 Å². The average Bonchev–Trinajstić information content (AvgIpc) is 3.66. The number of fused-ring (bicyclic) bond motifs is 3. The highest BCUT2D eigenvalue weighted by Crippen LogP contribution is 2.43.